The van der Waals surface area contributed by atoms with Crippen molar-refractivity contribution in [2.75, 3.05) is 55.8 Å². The second-order valence-electron chi connectivity index (χ2n) is 10.6. The van der Waals surface area contributed by atoms with E-state index in [0.29, 0.717) is 19.2 Å². The minimum Gasteiger partial charge on any atom is -0.445 e. The van der Waals surface area contributed by atoms with Crippen molar-refractivity contribution in [3.8, 4) is 11.6 Å². The Morgan fingerprint density at radius 3 is 2.61 bits per heavy atom. The summed E-state index contributed by atoms with van der Waals surface area (Å²) in [5.41, 5.74) is 0. The molecule has 0 radical (unpaired) electrons. The minimum absolute atomic E-state index is 0.0470. The molecule has 2 N–H and O–H groups in total. The highest BCUT2D eigenvalue weighted by atomic mass is 19.1. The zero-order valence-electron chi connectivity index (χ0n) is 24.1. The summed E-state index contributed by atoms with van der Waals surface area (Å²) in [4.78, 5) is 47.1. The van der Waals surface area contributed by atoms with Crippen LogP contribution in [-0.4, -0.2) is 100 Å². The number of alkyl halides is 1. The smallest absolute Gasteiger partial charge is 0.413 e. The van der Waals surface area contributed by atoms with Crippen molar-refractivity contribution in [2.45, 2.75) is 37.6 Å². The molecule has 16 heteroatoms. The molecular formula is C28H32F3N9O4. The first-order chi connectivity index (χ1) is 21.1. The largest absolute Gasteiger partial charge is 0.445 e. The van der Waals surface area contributed by atoms with Crippen molar-refractivity contribution in [3.63, 3.8) is 0 Å². The maximum atomic E-state index is 15.0. The summed E-state index contributed by atoms with van der Waals surface area (Å²) in [5.74, 6) is -1.44. The number of amides is 3. The van der Waals surface area contributed by atoms with Gasteiger partial charge in [-0.1, -0.05) is 0 Å². The Labute approximate surface area is 251 Å². The number of halogens is 3. The van der Waals surface area contributed by atoms with Gasteiger partial charge in [0.05, 0.1) is 18.4 Å². The van der Waals surface area contributed by atoms with E-state index in [2.05, 4.69) is 35.5 Å². The molecule has 3 amide bonds. The third kappa shape index (κ3) is 7.80. The third-order valence-corrected chi connectivity index (χ3v) is 7.30. The average Bonchev–Trinajstić information content (AvgIpc) is 2.99. The molecule has 0 spiro atoms. The number of urea groups is 1. The first kappa shape index (κ1) is 30.7. The van der Waals surface area contributed by atoms with Crippen LogP contribution in [0.25, 0.3) is 0 Å². The standard InChI is InChI=1S/C28H32F3N9O4/c1-38-10-3-4-18(15-38)43-28(42)37-23-7-9-32-26(35-23)40-11-8-19(30)21(16-40)39(2)27(41)36-24-13-34-25(14-33-24)44-22-6-5-17(29)12-20(22)31/h5-7,9,12-14,18-19,21H,3-4,8,10-11,15-16H2,1-2H3,(H,33,36,41)(H,32,35,37,42)/t18-,19+,21-/m0/s1. The van der Waals surface area contributed by atoms with E-state index >= 15 is 4.39 Å². The van der Waals surface area contributed by atoms with E-state index in [9.17, 15) is 18.4 Å². The third-order valence-electron chi connectivity index (χ3n) is 7.30. The maximum Gasteiger partial charge on any atom is 0.413 e. The maximum absolute atomic E-state index is 15.0. The second kappa shape index (κ2) is 13.7. The molecule has 1 aromatic carbocycles. The number of carbonyl (C=O) groups excluding carboxylic acids is 2. The van der Waals surface area contributed by atoms with Gasteiger partial charge >= 0.3 is 12.1 Å². The number of aromatic nitrogens is 4. The quantitative estimate of drug-likeness (QED) is 0.400. The Morgan fingerprint density at radius 1 is 1.02 bits per heavy atom. The summed E-state index contributed by atoms with van der Waals surface area (Å²) < 4.78 is 52.8. The molecule has 234 valence electrons. The molecule has 0 aliphatic carbocycles. The molecule has 5 rings (SSSR count). The highest BCUT2D eigenvalue weighted by molar-refractivity contribution is 5.88. The zero-order valence-corrected chi connectivity index (χ0v) is 24.1. The van der Waals surface area contributed by atoms with E-state index in [1.165, 1.54) is 30.4 Å². The molecule has 0 saturated carbocycles. The molecule has 13 nitrogen and oxygen atoms in total. The van der Waals surface area contributed by atoms with E-state index in [4.69, 9.17) is 9.47 Å². The van der Waals surface area contributed by atoms with Crippen LogP contribution in [0, 0.1) is 11.6 Å². The van der Waals surface area contributed by atoms with Gasteiger partial charge in [-0.3, -0.25) is 10.6 Å². The normalized spacial score (nSPS) is 20.5. The molecule has 3 aromatic rings. The number of likely N-dealkylation sites (tertiary alicyclic amines) is 1. The van der Waals surface area contributed by atoms with Gasteiger partial charge in [0.2, 0.25) is 11.8 Å². The Balaban J connectivity index is 1.16. The first-order valence-corrected chi connectivity index (χ1v) is 14.0. The number of piperidine rings is 2. The van der Waals surface area contributed by atoms with Crippen LogP contribution in [0.2, 0.25) is 0 Å². The molecular weight excluding hydrogens is 583 g/mol. The Hall–Kier alpha value is -4.73. The lowest BCUT2D eigenvalue weighted by atomic mass is 10.0. The van der Waals surface area contributed by atoms with Gasteiger partial charge in [0, 0.05) is 38.9 Å². The summed E-state index contributed by atoms with van der Waals surface area (Å²) in [6.07, 6.45) is 3.54. The topological polar surface area (TPSA) is 138 Å². The first-order valence-electron chi connectivity index (χ1n) is 14.0. The highest BCUT2D eigenvalue weighted by Crippen LogP contribution is 2.25. The van der Waals surface area contributed by atoms with Crippen LogP contribution in [-0.2, 0) is 4.74 Å². The van der Waals surface area contributed by atoms with Crippen molar-refractivity contribution in [1.29, 1.82) is 0 Å². The Kier molecular flexibility index (Phi) is 9.57. The van der Waals surface area contributed by atoms with Gasteiger partial charge in [-0.25, -0.2) is 37.7 Å². The van der Waals surface area contributed by atoms with Crippen LogP contribution in [0.3, 0.4) is 0 Å². The molecule has 2 aromatic heterocycles. The number of nitrogens with one attached hydrogen (secondary N) is 2. The lowest BCUT2D eigenvalue weighted by Crippen LogP contribution is -2.55. The van der Waals surface area contributed by atoms with Crippen molar-refractivity contribution < 1.29 is 32.2 Å². The summed E-state index contributed by atoms with van der Waals surface area (Å²) in [7, 11) is 3.43. The number of ether oxygens (including phenoxy) is 2. The van der Waals surface area contributed by atoms with Gasteiger partial charge in [-0.05, 0) is 51.1 Å². The average molecular weight is 616 g/mol. The fourth-order valence-corrected chi connectivity index (χ4v) is 4.97. The number of hydrogen-bond donors (Lipinski definition) is 2. The Bertz CT molecular complexity index is 1470. The van der Waals surface area contributed by atoms with Crippen molar-refractivity contribution in [2.24, 2.45) is 0 Å². The van der Waals surface area contributed by atoms with Gasteiger partial charge in [-0.2, -0.15) is 4.98 Å². The van der Waals surface area contributed by atoms with Crippen LogP contribution in [0.4, 0.5) is 40.3 Å². The summed E-state index contributed by atoms with van der Waals surface area (Å²) >= 11 is 0. The van der Waals surface area contributed by atoms with Crippen LogP contribution in [0.1, 0.15) is 19.3 Å². The van der Waals surface area contributed by atoms with E-state index < -0.39 is 36.0 Å². The molecule has 2 saturated heterocycles. The molecule has 2 fully saturated rings. The summed E-state index contributed by atoms with van der Waals surface area (Å²) in [6.45, 7) is 2.02. The minimum atomic E-state index is -1.32. The highest BCUT2D eigenvalue weighted by Gasteiger charge is 2.35. The number of hydrogen-bond acceptors (Lipinski definition) is 10. The van der Waals surface area contributed by atoms with Crippen molar-refractivity contribution in [3.05, 3.63) is 54.5 Å². The number of rotatable bonds is 7. The van der Waals surface area contributed by atoms with Gasteiger partial charge in [0.1, 0.15) is 23.9 Å². The Morgan fingerprint density at radius 2 is 1.86 bits per heavy atom. The van der Waals surface area contributed by atoms with Gasteiger partial charge < -0.3 is 24.2 Å². The number of likely N-dealkylation sites (N-methyl/N-ethyl adjacent to an activating group) is 2. The predicted octanol–water partition coefficient (Wildman–Crippen LogP) is 4.06. The number of benzene rings is 1. The SMILES string of the molecule is CN1CCC[C@H](OC(=O)Nc2ccnc(N3CC[C@@H](F)[C@@H](N(C)C(=O)Nc4cnc(Oc5ccc(F)cc5F)cn4)C3)n2)C1. The summed E-state index contributed by atoms with van der Waals surface area (Å²) in [5, 5.41) is 5.18. The van der Waals surface area contributed by atoms with E-state index in [1.807, 2.05) is 7.05 Å². The van der Waals surface area contributed by atoms with Crippen molar-refractivity contribution >= 4 is 29.7 Å². The fourth-order valence-electron chi connectivity index (χ4n) is 4.97. The number of nitrogens with zero attached hydrogens (tertiary/aromatic N) is 7. The van der Waals surface area contributed by atoms with Crippen LogP contribution in [0.15, 0.2) is 42.9 Å². The molecule has 44 heavy (non-hydrogen) atoms. The number of anilines is 3. The predicted molar refractivity (Wildman–Crippen MR) is 153 cm³/mol. The van der Waals surface area contributed by atoms with E-state index in [-0.39, 0.29) is 48.3 Å². The zero-order chi connectivity index (χ0) is 31.2. The van der Waals surface area contributed by atoms with Crippen LogP contribution in [0.5, 0.6) is 11.6 Å². The van der Waals surface area contributed by atoms with Crippen LogP contribution >= 0.6 is 0 Å². The molecule has 2 aliphatic heterocycles. The molecule has 0 unspecified atom stereocenters. The van der Waals surface area contributed by atoms with Crippen LogP contribution < -0.4 is 20.3 Å². The van der Waals surface area contributed by atoms with Gasteiger partial charge in [0.15, 0.2) is 17.4 Å². The van der Waals surface area contributed by atoms with E-state index in [0.717, 1.165) is 37.7 Å². The lowest BCUT2D eigenvalue weighted by molar-refractivity contribution is 0.0593. The van der Waals surface area contributed by atoms with Gasteiger partial charge in [-0.15, -0.1) is 0 Å². The molecule has 2 aliphatic rings. The fraction of sp³-hybridized carbons (Fsp3) is 0.429. The molecule has 4 heterocycles. The monoisotopic (exact) mass is 615 g/mol. The van der Waals surface area contributed by atoms with E-state index in [1.54, 1.807) is 4.90 Å². The lowest BCUT2D eigenvalue weighted by Gasteiger charge is -2.39. The summed E-state index contributed by atoms with van der Waals surface area (Å²) in [6, 6.07) is 2.86. The molecule has 0 bridgehead atoms. The second-order valence-corrected chi connectivity index (χ2v) is 10.6. The van der Waals surface area contributed by atoms with Crippen molar-refractivity contribution in [1.82, 2.24) is 29.7 Å². The van der Waals surface area contributed by atoms with Gasteiger partial charge in [0.25, 0.3) is 0 Å². The number of carbonyl (C=O) groups is 2. The molecule has 3 atom stereocenters.